The predicted molar refractivity (Wildman–Crippen MR) is 297 cm³/mol. The van der Waals surface area contributed by atoms with Crippen molar-refractivity contribution in [3.8, 4) is 0 Å². The molecule has 6 heteroatoms. The summed E-state index contributed by atoms with van der Waals surface area (Å²) in [5, 5.41) is 0. The van der Waals surface area contributed by atoms with Crippen LogP contribution < -0.4 is 0 Å². The minimum atomic E-state index is -0.798. The fraction of sp³-hybridized carbons (Fsp3) is 0.698. The highest BCUT2D eigenvalue weighted by atomic mass is 16.6. The van der Waals surface area contributed by atoms with Crippen molar-refractivity contribution in [2.75, 3.05) is 13.2 Å². The Bertz CT molecular complexity index is 1380. The Hall–Kier alpha value is -3.67. The average molecular weight is 960 g/mol. The highest BCUT2D eigenvalue weighted by Crippen LogP contribution is 2.15. The molecule has 0 fully saturated rings. The second kappa shape index (κ2) is 56.9. The van der Waals surface area contributed by atoms with Gasteiger partial charge in [-0.15, -0.1) is 0 Å². The van der Waals surface area contributed by atoms with Gasteiger partial charge in [0.25, 0.3) is 0 Å². The third kappa shape index (κ3) is 55.1. The zero-order valence-corrected chi connectivity index (χ0v) is 45.0. The quantitative estimate of drug-likeness (QED) is 0.0262. The molecule has 0 amide bonds. The van der Waals surface area contributed by atoms with Gasteiger partial charge in [0, 0.05) is 19.3 Å². The van der Waals surface area contributed by atoms with Crippen LogP contribution in [-0.4, -0.2) is 37.2 Å². The van der Waals surface area contributed by atoms with E-state index in [0.717, 1.165) is 122 Å². The predicted octanol–water partition coefficient (Wildman–Crippen LogP) is 19.3. The molecule has 0 heterocycles. The van der Waals surface area contributed by atoms with E-state index < -0.39 is 6.10 Å². The van der Waals surface area contributed by atoms with Crippen LogP contribution in [0.25, 0.3) is 0 Å². The van der Waals surface area contributed by atoms with Gasteiger partial charge >= 0.3 is 17.9 Å². The molecule has 0 aromatic heterocycles. The lowest BCUT2D eigenvalue weighted by Crippen LogP contribution is -2.30. The molecular weight excluding hydrogens is 853 g/mol. The van der Waals surface area contributed by atoms with Gasteiger partial charge in [0.1, 0.15) is 13.2 Å². The number of unbranched alkanes of at least 4 members (excludes halogenated alkanes) is 24. The maximum absolute atomic E-state index is 12.9. The Morgan fingerprint density at radius 3 is 0.913 bits per heavy atom. The normalized spacial score (nSPS) is 12.8. The third-order valence-electron chi connectivity index (χ3n) is 12.1. The lowest BCUT2D eigenvalue weighted by Gasteiger charge is -2.18. The van der Waals surface area contributed by atoms with Crippen molar-refractivity contribution >= 4 is 17.9 Å². The zero-order valence-electron chi connectivity index (χ0n) is 45.0. The summed E-state index contributed by atoms with van der Waals surface area (Å²) < 4.78 is 16.8. The summed E-state index contributed by atoms with van der Waals surface area (Å²) in [6, 6.07) is 0. The Balaban J connectivity index is 4.42. The van der Waals surface area contributed by atoms with Gasteiger partial charge in [0.05, 0.1) is 0 Å². The molecule has 1 unspecified atom stereocenters. The van der Waals surface area contributed by atoms with Crippen LogP contribution >= 0.6 is 0 Å². The molecule has 0 aromatic rings. The molecule has 0 aromatic carbocycles. The molecule has 6 nitrogen and oxygen atoms in total. The fourth-order valence-electron chi connectivity index (χ4n) is 7.80. The first kappa shape index (κ1) is 65.3. The molecule has 0 saturated heterocycles. The monoisotopic (exact) mass is 959 g/mol. The van der Waals surface area contributed by atoms with E-state index in [0.29, 0.717) is 19.3 Å². The zero-order chi connectivity index (χ0) is 50.0. The number of hydrogen-bond donors (Lipinski definition) is 0. The molecule has 0 saturated carbocycles. The van der Waals surface area contributed by atoms with Crippen LogP contribution in [0.4, 0.5) is 0 Å². The minimum Gasteiger partial charge on any atom is -0.462 e. The van der Waals surface area contributed by atoms with Crippen molar-refractivity contribution in [1.82, 2.24) is 0 Å². The van der Waals surface area contributed by atoms with Crippen molar-refractivity contribution in [3.05, 3.63) is 97.2 Å². The molecule has 1 atom stereocenters. The molecule has 0 aliphatic carbocycles. The van der Waals surface area contributed by atoms with E-state index in [9.17, 15) is 14.4 Å². The Morgan fingerprint density at radius 1 is 0.304 bits per heavy atom. The highest BCUT2D eigenvalue weighted by Gasteiger charge is 2.19. The number of rotatable bonds is 51. The largest absolute Gasteiger partial charge is 0.462 e. The molecule has 0 N–H and O–H groups in total. The maximum atomic E-state index is 12.9. The highest BCUT2D eigenvalue weighted by molar-refractivity contribution is 5.71. The first-order valence-corrected chi connectivity index (χ1v) is 28.7. The van der Waals surface area contributed by atoms with Crippen LogP contribution in [0.1, 0.15) is 265 Å². The van der Waals surface area contributed by atoms with E-state index in [1.807, 2.05) is 0 Å². The number of hydrogen-bond acceptors (Lipinski definition) is 6. The Labute approximate surface area is 426 Å². The SMILES string of the molecule is CC/C=C\C/C=C\C/C=C\C/C=C\CCCCCCCCC(=O)OCC(COC(=O)CCCCC/C=C\C/C=C\C/C=C\CC)OC(=O)CCCCCCCCCCC/C=C\CCCCCCCC. The van der Waals surface area contributed by atoms with E-state index in [2.05, 4.69) is 118 Å². The van der Waals surface area contributed by atoms with Crippen molar-refractivity contribution < 1.29 is 28.6 Å². The number of carbonyl (C=O) groups excluding carboxylic acids is 3. The second-order valence-corrected chi connectivity index (χ2v) is 18.8. The molecule has 0 radical (unpaired) electrons. The summed E-state index contributed by atoms with van der Waals surface area (Å²) >= 11 is 0. The minimum absolute atomic E-state index is 0.0956. The molecule has 0 spiro atoms. The smallest absolute Gasteiger partial charge is 0.306 e. The van der Waals surface area contributed by atoms with Gasteiger partial charge in [-0.2, -0.15) is 0 Å². The molecule has 0 rings (SSSR count). The van der Waals surface area contributed by atoms with Crippen LogP contribution in [-0.2, 0) is 28.6 Å². The van der Waals surface area contributed by atoms with Gasteiger partial charge in [0.2, 0.25) is 0 Å². The standard InChI is InChI=1S/C63H106O6/c1-4-7-10-13-16-19-22-25-27-29-31-33-35-38-41-44-47-50-53-56-62(65)68-59-60(58-67-61(64)55-52-49-46-43-40-37-24-21-18-15-12-9-6-3)69-63(66)57-54-51-48-45-42-39-36-34-32-30-28-26-23-20-17-14-11-8-5-2/h7,9-10,12,16,18-19,21,25-28,31,33,37,40,60H,4-6,8,11,13-15,17,20,22-24,29-30,32,34-36,38-39,41-59H2,1-3H3/b10-7-,12-9-,19-16-,21-18-,27-25-,28-26-,33-31-,40-37-. The van der Waals surface area contributed by atoms with E-state index in [1.54, 1.807) is 0 Å². The summed E-state index contributed by atoms with van der Waals surface area (Å²) in [6.07, 6.45) is 75.4. The fourth-order valence-corrected chi connectivity index (χ4v) is 7.80. The Morgan fingerprint density at radius 2 is 0.565 bits per heavy atom. The number of ether oxygens (including phenoxy) is 3. The van der Waals surface area contributed by atoms with Gasteiger partial charge in [-0.1, -0.05) is 227 Å². The van der Waals surface area contributed by atoms with Crippen molar-refractivity contribution in [2.45, 2.75) is 271 Å². The molecule has 394 valence electrons. The van der Waals surface area contributed by atoms with Crippen LogP contribution in [0.15, 0.2) is 97.2 Å². The molecule has 0 aliphatic heterocycles. The molecular formula is C63H106O6. The summed E-state index contributed by atoms with van der Waals surface area (Å²) in [5.74, 6) is -0.937. The van der Waals surface area contributed by atoms with E-state index >= 15 is 0 Å². The first-order valence-electron chi connectivity index (χ1n) is 28.7. The van der Waals surface area contributed by atoms with Crippen LogP contribution in [0.5, 0.6) is 0 Å². The van der Waals surface area contributed by atoms with Gasteiger partial charge in [-0.3, -0.25) is 14.4 Å². The number of allylic oxidation sites excluding steroid dienone is 16. The summed E-state index contributed by atoms with van der Waals surface area (Å²) in [6.45, 7) is 6.38. The summed E-state index contributed by atoms with van der Waals surface area (Å²) in [7, 11) is 0. The van der Waals surface area contributed by atoms with E-state index in [4.69, 9.17) is 14.2 Å². The van der Waals surface area contributed by atoms with Crippen molar-refractivity contribution in [1.29, 1.82) is 0 Å². The van der Waals surface area contributed by atoms with Gasteiger partial charge < -0.3 is 14.2 Å². The second-order valence-electron chi connectivity index (χ2n) is 18.8. The van der Waals surface area contributed by atoms with Crippen molar-refractivity contribution in [3.63, 3.8) is 0 Å². The summed E-state index contributed by atoms with van der Waals surface area (Å²) in [5.41, 5.74) is 0. The lowest BCUT2D eigenvalue weighted by atomic mass is 10.1. The first-order chi connectivity index (χ1) is 34.0. The lowest BCUT2D eigenvalue weighted by molar-refractivity contribution is -0.167. The van der Waals surface area contributed by atoms with E-state index in [-0.39, 0.29) is 31.1 Å². The van der Waals surface area contributed by atoms with Gasteiger partial charge in [-0.05, 0) is 116 Å². The van der Waals surface area contributed by atoms with Crippen LogP contribution in [0, 0.1) is 0 Å². The average Bonchev–Trinajstić information content (AvgIpc) is 3.35. The van der Waals surface area contributed by atoms with E-state index in [1.165, 1.54) is 103 Å². The molecule has 0 bridgehead atoms. The maximum Gasteiger partial charge on any atom is 0.306 e. The number of carbonyl (C=O) groups is 3. The van der Waals surface area contributed by atoms with Crippen LogP contribution in [0.2, 0.25) is 0 Å². The third-order valence-corrected chi connectivity index (χ3v) is 12.1. The molecule has 0 aliphatic rings. The van der Waals surface area contributed by atoms with Crippen molar-refractivity contribution in [2.24, 2.45) is 0 Å². The topological polar surface area (TPSA) is 78.9 Å². The van der Waals surface area contributed by atoms with Gasteiger partial charge in [0.15, 0.2) is 6.10 Å². The van der Waals surface area contributed by atoms with Gasteiger partial charge in [-0.25, -0.2) is 0 Å². The Kier molecular flexibility index (Phi) is 53.9. The summed E-state index contributed by atoms with van der Waals surface area (Å²) in [4.78, 5) is 38.1. The van der Waals surface area contributed by atoms with Crippen LogP contribution in [0.3, 0.4) is 0 Å². The number of esters is 3. The molecule has 69 heavy (non-hydrogen) atoms.